The number of carbonyl (C=O) groups excluding carboxylic acids is 1. The average molecular weight is 254 g/mol. The van der Waals surface area contributed by atoms with E-state index < -0.39 is 23.8 Å². The van der Waals surface area contributed by atoms with Gasteiger partial charge in [-0.25, -0.2) is 9.59 Å². The molecule has 3 N–H and O–H groups in total. The van der Waals surface area contributed by atoms with Crippen LogP contribution >= 0.6 is 0 Å². The van der Waals surface area contributed by atoms with Crippen LogP contribution in [0.25, 0.3) is 0 Å². The van der Waals surface area contributed by atoms with Crippen molar-refractivity contribution in [3.8, 4) is 0 Å². The lowest BCUT2D eigenvalue weighted by atomic mass is 10.1. The van der Waals surface area contributed by atoms with Gasteiger partial charge in [-0.05, 0) is 32.0 Å². The standard InChI is InChI=1S/C12H14O6/c1-7(12(2,16)17)18-11(15)9-5-3-4-8(6-9)10(13)14/h3-7,16-17H,1-2H3,(H,13,14). The third-order valence-corrected chi connectivity index (χ3v) is 2.40. The van der Waals surface area contributed by atoms with Gasteiger partial charge in [-0.1, -0.05) is 6.07 Å². The number of benzene rings is 1. The molecule has 0 aliphatic carbocycles. The third-order valence-electron chi connectivity index (χ3n) is 2.40. The molecule has 1 aromatic rings. The molecular weight excluding hydrogens is 240 g/mol. The quantitative estimate of drug-likeness (QED) is 0.537. The molecule has 6 nitrogen and oxygen atoms in total. The molecule has 6 heteroatoms. The van der Waals surface area contributed by atoms with Gasteiger partial charge in [-0.15, -0.1) is 0 Å². The minimum atomic E-state index is -2.15. The molecule has 0 bridgehead atoms. The number of carboxylic acid groups (broad SMARTS) is 1. The molecular formula is C12H14O6. The Hall–Kier alpha value is -1.92. The zero-order valence-corrected chi connectivity index (χ0v) is 9.95. The molecule has 0 fully saturated rings. The van der Waals surface area contributed by atoms with E-state index in [1.165, 1.54) is 25.1 Å². The fourth-order valence-corrected chi connectivity index (χ4v) is 1.12. The van der Waals surface area contributed by atoms with Gasteiger partial charge in [0.1, 0.15) is 0 Å². The van der Waals surface area contributed by atoms with Gasteiger partial charge >= 0.3 is 11.9 Å². The number of aliphatic hydroxyl groups is 2. The Morgan fingerprint density at radius 1 is 1.28 bits per heavy atom. The van der Waals surface area contributed by atoms with Crippen molar-refractivity contribution in [2.75, 3.05) is 0 Å². The number of ether oxygens (including phenoxy) is 1. The van der Waals surface area contributed by atoms with Crippen LogP contribution in [0.2, 0.25) is 0 Å². The van der Waals surface area contributed by atoms with E-state index in [0.717, 1.165) is 13.0 Å². The highest BCUT2D eigenvalue weighted by Gasteiger charge is 2.28. The van der Waals surface area contributed by atoms with E-state index in [1.807, 2.05) is 0 Å². The van der Waals surface area contributed by atoms with E-state index in [0.29, 0.717) is 0 Å². The molecule has 0 radical (unpaired) electrons. The number of hydrogen-bond acceptors (Lipinski definition) is 5. The molecule has 0 aliphatic heterocycles. The van der Waals surface area contributed by atoms with Gasteiger partial charge < -0.3 is 20.1 Å². The summed E-state index contributed by atoms with van der Waals surface area (Å²) in [7, 11) is 0. The predicted molar refractivity (Wildman–Crippen MR) is 61.1 cm³/mol. The van der Waals surface area contributed by atoms with Crippen molar-refractivity contribution < 1.29 is 29.6 Å². The van der Waals surface area contributed by atoms with Crippen LogP contribution in [0.3, 0.4) is 0 Å². The molecule has 1 unspecified atom stereocenters. The lowest BCUT2D eigenvalue weighted by Gasteiger charge is -2.24. The van der Waals surface area contributed by atoms with Crippen molar-refractivity contribution in [2.45, 2.75) is 25.7 Å². The fraction of sp³-hybridized carbons (Fsp3) is 0.333. The van der Waals surface area contributed by atoms with Crippen molar-refractivity contribution in [3.63, 3.8) is 0 Å². The normalized spacial score (nSPS) is 12.9. The van der Waals surface area contributed by atoms with Gasteiger partial charge in [0.15, 0.2) is 11.9 Å². The number of rotatable bonds is 4. The molecule has 0 saturated heterocycles. The summed E-state index contributed by atoms with van der Waals surface area (Å²) < 4.78 is 4.80. The van der Waals surface area contributed by atoms with Gasteiger partial charge in [0.2, 0.25) is 0 Å². The topological polar surface area (TPSA) is 104 Å². The van der Waals surface area contributed by atoms with E-state index in [9.17, 15) is 19.8 Å². The monoisotopic (exact) mass is 254 g/mol. The molecule has 0 saturated carbocycles. The van der Waals surface area contributed by atoms with Crippen LogP contribution in [0, 0.1) is 0 Å². The van der Waals surface area contributed by atoms with Gasteiger partial charge in [-0.3, -0.25) is 0 Å². The number of carbonyl (C=O) groups is 2. The summed E-state index contributed by atoms with van der Waals surface area (Å²) in [5.74, 6) is -4.13. The molecule has 0 heterocycles. The number of hydrogen-bond donors (Lipinski definition) is 3. The van der Waals surface area contributed by atoms with Crippen LogP contribution in [-0.4, -0.2) is 39.1 Å². The van der Waals surface area contributed by atoms with Crippen LogP contribution in [0.15, 0.2) is 24.3 Å². The smallest absolute Gasteiger partial charge is 0.338 e. The minimum Gasteiger partial charge on any atom is -0.478 e. The largest absolute Gasteiger partial charge is 0.478 e. The zero-order chi connectivity index (χ0) is 13.9. The molecule has 0 aromatic heterocycles. The first-order valence-electron chi connectivity index (χ1n) is 5.21. The first-order chi connectivity index (χ1) is 8.21. The zero-order valence-electron chi connectivity index (χ0n) is 9.95. The van der Waals surface area contributed by atoms with Gasteiger partial charge in [0.05, 0.1) is 11.1 Å². The first kappa shape index (κ1) is 14.1. The molecule has 18 heavy (non-hydrogen) atoms. The van der Waals surface area contributed by atoms with Gasteiger partial charge in [0.25, 0.3) is 0 Å². The SMILES string of the molecule is CC(OC(=O)c1cccc(C(=O)O)c1)C(C)(O)O. The van der Waals surface area contributed by atoms with Crippen molar-refractivity contribution in [3.05, 3.63) is 35.4 Å². The highest BCUT2D eigenvalue weighted by molar-refractivity contribution is 5.94. The molecule has 1 aromatic carbocycles. The predicted octanol–water partition coefficient (Wildman–Crippen LogP) is 0.631. The average Bonchev–Trinajstić information content (AvgIpc) is 2.27. The summed E-state index contributed by atoms with van der Waals surface area (Å²) in [6, 6.07) is 5.28. The van der Waals surface area contributed by atoms with Gasteiger partial charge in [-0.2, -0.15) is 0 Å². The highest BCUT2D eigenvalue weighted by atomic mass is 16.6. The maximum Gasteiger partial charge on any atom is 0.338 e. The van der Waals surface area contributed by atoms with Crippen LogP contribution in [-0.2, 0) is 4.74 Å². The Balaban J connectivity index is 2.85. The Morgan fingerprint density at radius 3 is 2.33 bits per heavy atom. The Bertz CT molecular complexity index is 460. The van der Waals surface area contributed by atoms with Crippen LogP contribution < -0.4 is 0 Å². The summed E-state index contributed by atoms with van der Waals surface area (Å²) in [5, 5.41) is 27.2. The van der Waals surface area contributed by atoms with Crippen molar-refractivity contribution in [1.82, 2.24) is 0 Å². The molecule has 1 atom stereocenters. The second kappa shape index (κ2) is 5.16. The first-order valence-corrected chi connectivity index (χ1v) is 5.21. The van der Waals surface area contributed by atoms with E-state index in [-0.39, 0.29) is 11.1 Å². The van der Waals surface area contributed by atoms with E-state index >= 15 is 0 Å². The van der Waals surface area contributed by atoms with Crippen molar-refractivity contribution >= 4 is 11.9 Å². The maximum absolute atomic E-state index is 11.6. The summed E-state index contributed by atoms with van der Waals surface area (Å²) in [5.41, 5.74) is -0.0149. The Labute approximate surface area is 103 Å². The fourth-order valence-electron chi connectivity index (χ4n) is 1.12. The number of aromatic carboxylic acids is 1. The van der Waals surface area contributed by atoms with Crippen LogP contribution in [0.5, 0.6) is 0 Å². The summed E-state index contributed by atoms with van der Waals surface area (Å²) in [6.07, 6.45) is -1.14. The second-order valence-electron chi connectivity index (χ2n) is 4.03. The molecule has 0 aliphatic rings. The molecule has 1 rings (SSSR count). The highest BCUT2D eigenvalue weighted by Crippen LogP contribution is 2.13. The maximum atomic E-state index is 11.6. The molecule has 0 amide bonds. The Morgan fingerprint density at radius 2 is 1.83 bits per heavy atom. The van der Waals surface area contributed by atoms with Crippen molar-refractivity contribution in [2.24, 2.45) is 0 Å². The van der Waals surface area contributed by atoms with Crippen molar-refractivity contribution in [1.29, 1.82) is 0 Å². The van der Waals surface area contributed by atoms with Crippen LogP contribution in [0.1, 0.15) is 34.6 Å². The van der Waals surface area contributed by atoms with E-state index in [1.54, 1.807) is 0 Å². The summed E-state index contributed by atoms with van der Waals surface area (Å²) in [4.78, 5) is 22.4. The lowest BCUT2D eigenvalue weighted by molar-refractivity contribution is -0.206. The van der Waals surface area contributed by atoms with E-state index in [4.69, 9.17) is 9.84 Å². The Kier molecular flexibility index (Phi) is 4.05. The summed E-state index contributed by atoms with van der Waals surface area (Å²) >= 11 is 0. The minimum absolute atomic E-state index is 0.0333. The lowest BCUT2D eigenvalue weighted by Crippen LogP contribution is -2.40. The third kappa shape index (κ3) is 3.54. The number of esters is 1. The van der Waals surface area contributed by atoms with E-state index in [2.05, 4.69) is 0 Å². The molecule has 98 valence electrons. The number of carboxylic acids is 1. The summed E-state index contributed by atoms with van der Waals surface area (Å²) in [6.45, 7) is 2.40. The molecule has 0 spiro atoms. The van der Waals surface area contributed by atoms with Crippen LogP contribution in [0.4, 0.5) is 0 Å². The second-order valence-corrected chi connectivity index (χ2v) is 4.03. The van der Waals surface area contributed by atoms with Gasteiger partial charge in [0, 0.05) is 0 Å².